The molecule has 0 spiro atoms. The molecule has 1 aliphatic heterocycles. The Kier molecular flexibility index (Phi) is 2.82. The Bertz CT molecular complexity index is 449. The van der Waals surface area contributed by atoms with Crippen LogP contribution in [0.4, 0.5) is 4.79 Å². The van der Waals surface area contributed by atoms with E-state index in [0.29, 0.717) is 24.9 Å². The molecule has 3 aliphatic rings. The standard InChI is InChI=1S/C15H24N2O3/c1-14(2,3)20-13(19)17-6-5-11(9-17)16(4)12(18)15-7-10(15)8-15/h10-11H,5-9H2,1-4H3. The summed E-state index contributed by atoms with van der Waals surface area (Å²) in [7, 11) is 1.88. The van der Waals surface area contributed by atoms with Crippen LogP contribution >= 0.6 is 0 Å². The highest BCUT2D eigenvalue weighted by Gasteiger charge is 2.75. The quantitative estimate of drug-likeness (QED) is 0.776. The molecule has 3 fully saturated rings. The number of likely N-dealkylation sites (N-methyl/N-ethyl adjacent to an activating group) is 1. The molecule has 1 unspecified atom stereocenters. The third kappa shape index (κ3) is 2.27. The maximum absolute atomic E-state index is 12.4. The van der Waals surface area contributed by atoms with E-state index in [1.807, 2.05) is 32.7 Å². The van der Waals surface area contributed by atoms with Crippen LogP contribution in [-0.4, -0.2) is 53.6 Å². The first-order valence-electron chi connectivity index (χ1n) is 7.48. The first-order chi connectivity index (χ1) is 9.23. The molecule has 112 valence electrons. The molecular weight excluding hydrogens is 256 g/mol. The van der Waals surface area contributed by atoms with Crippen LogP contribution in [-0.2, 0) is 9.53 Å². The Labute approximate surface area is 120 Å². The Balaban J connectivity index is 1.54. The lowest BCUT2D eigenvalue weighted by molar-refractivity contribution is -0.135. The largest absolute Gasteiger partial charge is 0.444 e. The summed E-state index contributed by atoms with van der Waals surface area (Å²) in [5, 5.41) is 0. The van der Waals surface area contributed by atoms with E-state index in [1.165, 1.54) is 0 Å². The summed E-state index contributed by atoms with van der Waals surface area (Å²) in [4.78, 5) is 28.0. The van der Waals surface area contributed by atoms with Crippen LogP contribution in [0, 0.1) is 11.3 Å². The van der Waals surface area contributed by atoms with Crippen molar-refractivity contribution >= 4 is 12.0 Å². The monoisotopic (exact) mass is 280 g/mol. The summed E-state index contributed by atoms with van der Waals surface area (Å²) >= 11 is 0. The lowest BCUT2D eigenvalue weighted by Gasteiger charge is -2.27. The minimum absolute atomic E-state index is 0.0219. The van der Waals surface area contributed by atoms with Crippen molar-refractivity contribution in [1.82, 2.24) is 9.80 Å². The normalized spacial score (nSPS) is 34.5. The molecule has 20 heavy (non-hydrogen) atoms. The van der Waals surface area contributed by atoms with E-state index in [-0.39, 0.29) is 17.6 Å². The fourth-order valence-electron chi connectivity index (χ4n) is 3.12. The molecule has 0 bridgehead atoms. The smallest absolute Gasteiger partial charge is 0.410 e. The Morgan fingerprint density at radius 1 is 1.30 bits per heavy atom. The summed E-state index contributed by atoms with van der Waals surface area (Å²) in [6.07, 6.45) is 2.74. The first kappa shape index (κ1) is 13.7. The summed E-state index contributed by atoms with van der Waals surface area (Å²) in [6, 6.07) is 0.145. The molecule has 5 nitrogen and oxygen atoms in total. The lowest BCUT2D eigenvalue weighted by Crippen LogP contribution is -2.42. The van der Waals surface area contributed by atoms with Gasteiger partial charge in [-0.15, -0.1) is 0 Å². The molecule has 1 atom stereocenters. The van der Waals surface area contributed by atoms with Crippen molar-refractivity contribution in [2.24, 2.45) is 11.3 Å². The summed E-state index contributed by atoms with van der Waals surface area (Å²) in [5.74, 6) is 0.958. The van der Waals surface area contributed by atoms with Gasteiger partial charge < -0.3 is 14.5 Å². The van der Waals surface area contributed by atoms with Gasteiger partial charge in [0, 0.05) is 20.1 Å². The van der Waals surface area contributed by atoms with E-state index in [9.17, 15) is 9.59 Å². The third-order valence-electron chi connectivity index (χ3n) is 4.79. The number of likely N-dealkylation sites (tertiary alicyclic amines) is 1. The number of fused-ring (bicyclic) bond motifs is 1. The van der Waals surface area contributed by atoms with E-state index >= 15 is 0 Å². The van der Waals surface area contributed by atoms with Crippen LogP contribution in [0.1, 0.15) is 40.0 Å². The highest BCUT2D eigenvalue weighted by molar-refractivity contribution is 5.90. The highest BCUT2D eigenvalue weighted by atomic mass is 16.6. The van der Waals surface area contributed by atoms with Gasteiger partial charge in [-0.25, -0.2) is 4.79 Å². The molecule has 1 heterocycles. The van der Waals surface area contributed by atoms with E-state index in [0.717, 1.165) is 19.3 Å². The second kappa shape index (κ2) is 4.12. The van der Waals surface area contributed by atoms with Crippen LogP contribution in [0.5, 0.6) is 0 Å². The lowest BCUT2D eigenvalue weighted by atomic mass is 10.1. The summed E-state index contributed by atoms with van der Waals surface area (Å²) < 4.78 is 5.38. The van der Waals surface area contributed by atoms with Gasteiger partial charge in [0.1, 0.15) is 5.60 Å². The topological polar surface area (TPSA) is 49.9 Å². The zero-order valence-corrected chi connectivity index (χ0v) is 12.8. The minimum atomic E-state index is -0.467. The van der Waals surface area contributed by atoms with Crippen molar-refractivity contribution < 1.29 is 14.3 Å². The van der Waals surface area contributed by atoms with Gasteiger partial charge in [-0.3, -0.25) is 4.79 Å². The molecule has 1 saturated heterocycles. The van der Waals surface area contributed by atoms with Crippen molar-refractivity contribution in [3.8, 4) is 0 Å². The molecule has 0 aromatic rings. The number of nitrogens with zero attached hydrogens (tertiary/aromatic N) is 2. The molecule has 2 amide bonds. The maximum Gasteiger partial charge on any atom is 0.410 e. The zero-order valence-electron chi connectivity index (χ0n) is 12.8. The van der Waals surface area contributed by atoms with Gasteiger partial charge in [0.2, 0.25) is 5.91 Å². The molecule has 0 radical (unpaired) electrons. The van der Waals surface area contributed by atoms with Crippen molar-refractivity contribution in [3.63, 3.8) is 0 Å². The SMILES string of the molecule is CN(C(=O)C12CC1C2)C1CCN(C(=O)OC(C)(C)C)C1. The summed E-state index contributed by atoms with van der Waals surface area (Å²) in [5.41, 5.74) is -0.445. The number of hydrogen-bond acceptors (Lipinski definition) is 3. The predicted octanol–water partition coefficient (Wildman–Crippen LogP) is 1.86. The molecule has 0 aromatic heterocycles. The Morgan fingerprint density at radius 3 is 2.40 bits per heavy atom. The maximum atomic E-state index is 12.4. The van der Waals surface area contributed by atoms with Gasteiger partial charge in [-0.1, -0.05) is 0 Å². The minimum Gasteiger partial charge on any atom is -0.444 e. The van der Waals surface area contributed by atoms with Crippen LogP contribution in [0.2, 0.25) is 0 Å². The fraction of sp³-hybridized carbons (Fsp3) is 0.867. The van der Waals surface area contributed by atoms with E-state index < -0.39 is 5.60 Å². The number of ether oxygens (including phenoxy) is 1. The highest BCUT2D eigenvalue weighted by Crippen LogP contribution is 2.76. The van der Waals surface area contributed by atoms with Gasteiger partial charge in [0.15, 0.2) is 0 Å². The number of rotatable bonds is 2. The van der Waals surface area contributed by atoms with Gasteiger partial charge in [-0.05, 0) is 46.0 Å². The predicted molar refractivity (Wildman–Crippen MR) is 74.1 cm³/mol. The van der Waals surface area contributed by atoms with Crippen LogP contribution in [0.3, 0.4) is 0 Å². The molecule has 2 saturated carbocycles. The van der Waals surface area contributed by atoms with Crippen molar-refractivity contribution in [2.45, 2.75) is 51.7 Å². The van der Waals surface area contributed by atoms with Gasteiger partial charge in [-0.2, -0.15) is 0 Å². The Hall–Kier alpha value is -1.26. The molecular formula is C15H24N2O3. The van der Waals surface area contributed by atoms with Gasteiger partial charge in [0.25, 0.3) is 0 Å². The van der Waals surface area contributed by atoms with Crippen molar-refractivity contribution in [1.29, 1.82) is 0 Å². The van der Waals surface area contributed by atoms with Crippen LogP contribution < -0.4 is 0 Å². The average Bonchev–Trinajstić information content (AvgIpc) is 3.11. The Morgan fingerprint density at radius 2 is 1.90 bits per heavy atom. The number of hydrogen-bond donors (Lipinski definition) is 0. The molecule has 5 heteroatoms. The fourth-order valence-corrected chi connectivity index (χ4v) is 3.12. The van der Waals surface area contributed by atoms with E-state index in [4.69, 9.17) is 4.74 Å². The van der Waals surface area contributed by atoms with Crippen LogP contribution in [0.15, 0.2) is 0 Å². The van der Waals surface area contributed by atoms with Gasteiger partial charge >= 0.3 is 6.09 Å². The molecule has 3 rings (SSSR count). The average molecular weight is 280 g/mol. The van der Waals surface area contributed by atoms with E-state index in [2.05, 4.69) is 0 Å². The first-order valence-corrected chi connectivity index (χ1v) is 7.48. The second-order valence-electron chi connectivity index (χ2n) is 7.55. The molecule has 0 N–H and O–H groups in total. The second-order valence-corrected chi connectivity index (χ2v) is 7.55. The van der Waals surface area contributed by atoms with Crippen molar-refractivity contribution in [2.75, 3.05) is 20.1 Å². The number of carbonyl (C=O) groups excluding carboxylic acids is 2. The third-order valence-corrected chi connectivity index (χ3v) is 4.79. The number of carbonyl (C=O) groups is 2. The number of amides is 2. The summed E-state index contributed by atoms with van der Waals surface area (Å²) in [6.45, 7) is 6.88. The zero-order chi connectivity index (χ0) is 14.7. The van der Waals surface area contributed by atoms with E-state index in [1.54, 1.807) is 4.90 Å². The van der Waals surface area contributed by atoms with Crippen molar-refractivity contribution in [3.05, 3.63) is 0 Å². The van der Waals surface area contributed by atoms with Gasteiger partial charge in [0.05, 0.1) is 11.5 Å². The molecule has 0 aromatic carbocycles. The van der Waals surface area contributed by atoms with Crippen LogP contribution in [0.25, 0.3) is 0 Å². The molecule has 2 aliphatic carbocycles.